The van der Waals surface area contributed by atoms with E-state index in [1.165, 1.54) is 0 Å². The van der Waals surface area contributed by atoms with Gasteiger partial charge in [-0.15, -0.1) is 0 Å². The van der Waals surface area contributed by atoms with E-state index in [4.69, 9.17) is 4.74 Å². The maximum absolute atomic E-state index is 12.4. The van der Waals surface area contributed by atoms with Gasteiger partial charge in [-0.1, -0.05) is 25.1 Å². The van der Waals surface area contributed by atoms with Gasteiger partial charge in [0.25, 0.3) is 5.91 Å². The number of nitrogens with one attached hydrogen (secondary N) is 1. The van der Waals surface area contributed by atoms with Crippen molar-refractivity contribution in [3.05, 3.63) is 58.1 Å². The highest BCUT2D eigenvalue weighted by molar-refractivity contribution is 9.10. The number of para-hydroxylation sites is 1. The number of hydrogen-bond donors (Lipinski definition) is 1. The van der Waals surface area contributed by atoms with Crippen molar-refractivity contribution in [3.8, 4) is 5.75 Å². The second kappa shape index (κ2) is 7.27. The van der Waals surface area contributed by atoms with Crippen molar-refractivity contribution in [1.29, 1.82) is 0 Å². The smallest absolute Gasteiger partial charge is 0.259 e. The van der Waals surface area contributed by atoms with Crippen LogP contribution in [-0.4, -0.2) is 12.5 Å². The number of rotatable bonds is 5. The van der Waals surface area contributed by atoms with E-state index < -0.39 is 0 Å². The molecule has 0 heterocycles. The Morgan fingerprint density at radius 2 is 2.00 bits per heavy atom. The number of carbonyl (C=O) groups is 1. The lowest BCUT2D eigenvalue weighted by Crippen LogP contribution is -2.14. The Bertz CT molecular complexity index is 640. The van der Waals surface area contributed by atoms with E-state index in [0.717, 1.165) is 22.1 Å². The Morgan fingerprint density at radius 3 is 2.71 bits per heavy atom. The van der Waals surface area contributed by atoms with Gasteiger partial charge in [0, 0.05) is 4.47 Å². The fraction of sp³-hybridized carbons (Fsp3) is 0.235. The van der Waals surface area contributed by atoms with Crippen molar-refractivity contribution in [1.82, 2.24) is 0 Å². The Labute approximate surface area is 133 Å². The number of halogens is 1. The van der Waals surface area contributed by atoms with Gasteiger partial charge in [-0.05, 0) is 59.1 Å². The van der Waals surface area contributed by atoms with Crippen LogP contribution in [0.1, 0.15) is 29.3 Å². The number of ether oxygens (including phenoxy) is 1. The standard InChI is InChI=1S/C17H18BrNO2/c1-3-10-21-16-7-5-4-6-13(16)17(20)19-15-9-8-12(2)11-14(15)18/h4-9,11H,3,10H2,1-2H3,(H,19,20). The van der Waals surface area contributed by atoms with Crippen LogP contribution in [0.5, 0.6) is 5.75 Å². The molecular weight excluding hydrogens is 330 g/mol. The summed E-state index contributed by atoms with van der Waals surface area (Å²) in [5, 5.41) is 2.90. The van der Waals surface area contributed by atoms with Crippen LogP contribution in [0.25, 0.3) is 0 Å². The van der Waals surface area contributed by atoms with Gasteiger partial charge in [0.15, 0.2) is 0 Å². The Hall–Kier alpha value is -1.81. The minimum absolute atomic E-state index is 0.175. The monoisotopic (exact) mass is 347 g/mol. The molecule has 0 saturated carbocycles. The fourth-order valence-corrected chi connectivity index (χ4v) is 2.50. The molecule has 0 aromatic heterocycles. The number of carbonyl (C=O) groups excluding carboxylic acids is 1. The number of benzene rings is 2. The van der Waals surface area contributed by atoms with Crippen LogP contribution in [-0.2, 0) is 0 Å². The lowest BCUT2D eigenvalue weighted by atomic mass is 10.1. The zero-order valence-corrected chi connectivity index (χ0v) is 13.7. The third kappa shape index (κ3) is 4.08. The summed E-state index contributed by atoms with van der Waals surface area (Å²) in [7, 11) is 0. The third-order valence-electron chi connectivity index (χ3n) is 2.97. The van der Waals surface area contributed by atoms with Crippen molar-refractivity contribution in [2.45, 2.75) is 20.3 Å². The highest BCUT2D eigenvalue weighted by Crippen LogP contribution is 2.25. The maximum Gasteiger partial charge on any atom is 0.259 e. The molecule has 0 atom stereocenters. The van der Waals surface area contributed by atoms with Crippen LogP contribution in [0, 0.1) is 6.92 Å². The van der Waals surface area contributed by atoms with Gasteiger partial charge in [0.1, 0.15) is 5.75 Å². The molecule has 2 rings (SSSR count). The highest BCUT2D eigenvalue weighted by atomic mass is 79.9. The summed E-state index contributed by atoms with van der Waals surface area (Å²) in [6.07, 6.45) is 0.902. The van der Waals surface area contributed by atoms with Crippen molar-refractivity contribution < 1.29 is 9.53 Å². The number of aryl methyl sites for hydroxylation is 1. The molecule has 0 aliphatic carbocycles. The van der Waals surface area contributed by atoms with E-state index in [-0.39, 0.29) is 5.91 Å². The first-order valence-electron chi connectivity index (χ1n) is 6.91. The molecule has 2 aromatic carbocycles. The quantitative estimate of drug-likeness (QED) is 0.843. The Kier molecular flexibility index (Phi) is 5.39. The van der Waals surface area contributed by atoms with Gasteiger partial charge in [-0.25, -0.2) is 0 Å². The summed E-state index contributed by atoms with van der Waals surface area (Å²) >= 11 is 3.46. The predicted octanol–water partition coefficient (Wildman–Crippen LogP) is 4.80. The van der Waals surface area contributed by atoms with Crippen LogP contribution in [0.3, 0.4) is 0 Å². The van der Waals surface area contributed by atoms with Gasteiger partial charge in [0.05, 0.1) is 17.9 Å². The topological polar surface area (TPSA) is 38.3 Å². The molecule has 0 unspecified atom stereocenters. The fourth-order valence-electron chi connectivity index (χ4n) is 1.90. The zero-order valence-electron chi connectivity index (χ0n) is 12.2. The average molecular weight is 348 g/mol. The molecule has 0 bridgehead atoms. The molecule has 1 amide bonds. The van der Waals surface area contributed by atoms with Gasteiger partial charge >= 0.3 is 0 Å². The van der Waals surface area contributed by atoms with Gasteiger partial charge < -0.3 is 10.1 Å². The molecule has 2 aromatic rings. The van der Waals surface area contributed by atoms with Crippen molar-refractivity contribution in [2.75, 3.05) is 11.9 Å². The maximum atomic E-state index is 12.4. The van der Waals surface area contributed by atoms with Gasteiger partial charge in [-0.2, -0.15) is 0 Å². The summed E-state index contributed by atoms with van der Waals surface area (Å²) in [5.74, 6) is 0.436. The molecular formula is C17H18BrNO2. The molecule has 0 aliphatic heterocycles. The SMILES string of the molecule is CCCOc1ccccc1C(=O)Nc1ccc(C)cc1Br. The minimum atomic E-state index is -0.175. The van der Waals surface area contributed by atoms with Gasteiger partial charge in [-0.3, -0.25) is 4.79 Å². The van der Waals surface area contributed by atoms with Crippen LogP contribution in [0.15, 0.2) is 46.9 Å². The molecule has 0 aliphatic rings. The summed E-state index contributed by atoms with van der Waals surface area (Å²) in [5.41, 5.74) is 2.42. The first-order valence-corrected chi connectivity index (χ1v) is 7.70. The van der Waals surface area contributed by atoms with Crippen molar-refractivity contribution in [3.63, 3.8) is 0 Å². The van der Waals surface area contributed by atoms with E-state index in [1.54, 1.807) is 6.07 Å². The molecule has 110 valence electrons. The average Bonchev–Trinajstić information content (AvgIpc) is 2.48. The molecule has 0 fully saturated rings. The largest absolute Gasteiger partial charge is 0.493 e. The predicted molar refractivity (Wildman–Crippen MR) is 89.1 cm³/mol. The minimum Gasteiger partial charge on any atom is -0.493 e. The number of anilines is 1. The van der Waals surface area contributed by atoms with E-state index in [9.17, 15) is 4.79 Å². The molecule has 21 heavy (non-hydrogen) atoms. The molecule has 0 radical (unpaired) electrons. The summed E-state index contributed by atoms with van der Waals surface area (Å²) in [6.45, 7) is 4.63. The van der Waals surface area contributed by atoms with Crippen LogP contribution < -0.4 is 10.1 Å². The van der Waals surface area contributed by atoms with E-state index in [1.807, 2.05) is 50.2 Å². The first-order chi connectivity index (χ1) is 10.1. The first kappa shape index (κ1) is 15.6. The number of amides is 1. The number of hydrogen-bond acceptors (Lipinski definition) is 2. The second-order valence-corrected chi connectivity index (χ2v) is 5.64. The highest BCUT2D eigenvalue weighted by Gasteiger charge is 2.13. The Balaban J connectivity index is 2.20. The molecule has 3 nitrogen and oxygen atoms in total. The third-order valence-corrected chi connectivity index (χ3v) is 3.62. The van der Waals surface area contributed by atoms with Crippen molar-refractivity contribution >= 4 is 27.5 Å². The summed E-state index contributed by atoms with van der Waals surface area (Å²) in [6, 6.07) is 13.1. The molecule has 0 spiro atoms. The van der Waals surface area contributed by atoms with Crippen LogP contribution in [0.4, 0.5) is 5.69 Å². The van der Waals surface area contributed by atoms with E-state index in [0.29, 0.717) is 17.9 Å². The molecule has 4 heteroatoms. The molecule has 1 N–H and O–H groups in total. The van der Waals surface area contributed by atoms with Gasteiger partial charge in [0.2, 0.25) is 0 Å². The lowest BCUT2D eigenvalue weighted by molar-refractivity contribution is 0.102. The zero-order chi connectivity index (χ0) is 15.2. The molecule has 0 saturated heterocycles. The second-order valence-electron chi connectivity index (χ2n) is 4.78. The van der Waals surface area contributed by atoms with E-state index >= 15 is 0 Å². The van der Waals surface area contributed by atoms with Crippen LogP contribution >= 0.6 is 15.9 Å². The Morgan fingerprint density at radius 1 is 1.24 bits per heavy atom. The normalized spacial score (nSPS) is 10.2. The summed E-state index contributed by atoms with van der Waals surface area (Å²) < 4.78 is 6.49. The van der Waals surface area contributed by atoms with Crippen LogP contribution in [0.2, 0.25) is 0 Å². The van der Waals surface area contributed by atoms with Crippen molar-refractivity contribution in [2.24, 2.45) is 0 Å². The summed E-state index contributed by atoms with van der Waals surface area (Å²) in [4.78, 5) is 12.4. The lowest BCUT2D eigenvalue weighted by Gasteiger charge is -2.12. The van der Waals surface area contributed by atoms with E-state index in [2.05, 4.69) is 21.2 Å².